The summed E-state index contributed by atoms with van der Waals surface area (Å²) in [6.45, 7) is 6.19. The Morgan fingerprint density at radius 3 is 2.04 bits per heavy atom. The number of hydrogen-bond donors (Lipinski definition) is 0. The Morgan fingerprint density at radius 2 is 1.20 bits per heavy atom. The maximum absolute atomic E-state index is 5.10. The number of rotatable bonds is 4. The van der Waals surface area contributed by atoms with E-state index in [9.17, 15) is 0 Å². The summed E-state index contributed by atoms with van der Waals surface area (Å²) >= 11 is 1.83. The molecule has 0 saturated carbocycles. The summed E-state index contributed by atoms with van der Waals surface area (Å²) in [5.74, 6) is 0.743. The van der Waals surface area contributed by atoms with Crippen molar-refractivity contribution in [3.63, 3.8) is 0 Å². The summed E-state index contributed by atoms with van der Waals surface area (Å²) in [6.07, 6.45) is 0. The first kappa shape index (κ1) is 29.4. The first-order valence-electron chi connectivity index (χ1n) is 16.9. The normalized spacial score (nSPS) is 11.7. The summed E-state index contributed by atoms with van der Waals surface area (Å²) in [4.78, 5) is 12.6. The van der Waals surface area contributed by atoms with Crippen LogP contribution in [-0.4, -0.2) is 14.4 Å². The number of hydrogen-bond acceptors (Lipinski definition) is 3. The molecule has 49 heavy (non-hydrogen) atoms. The van der Waals surface area contributed by atoms with Crippen LogP contribution >= 0.6 is 11.8 Å². The minimum Gasteiger partial charge on any atom is -0.308 e. The molecule has 0 fully saturated rings. The van der Waals surface area contributed by atoms with E-state index in [1.54, 1.807) is 0 Å². The summed E-state index contributed by atoms with van der Waals surface area (Å²) in [5.41, 5.74) is 9.05. The summed E-state index contributed by atoms with van der Waals surface area (Å²) in [5, 5.41) is 8.82. The van der Waals surface area contributed by atoms with Crippen LogP contribution in [0.5, 0.6) is 0 Å². The lowest BCUT2D eigenvalue weighted by atomic mass is 10.0. The average Bonchev–Trinajstić information content (AvgIpc) is 3.67. The number of nitrogens with zero attached hydrogens (tertiary/aromatic N) is 3. The van der Waals surface area contributed by atoms with Crippen molar-refractivity contribution in [1.29, 1.82) is 0 Å². The highest BCUT2D eigenvalue weighted by Gasteiger charge is 2.18. The summed E-state index contributed by atoms with van der Waals surface area (Å²) in [6, 6.07) is 52.2. The van der Waals surface area contributed by atoms with Gasteiger partial charge in [0.2, 0.25) is 0 Å². The number of aromatic nitrogens is 3. The molecule has 0 saturated heterocycles. The minimum absolute atomic E-state index is 0.743. The number of aryl methyl sites for hydroxylation is 1. The molecule has 0 spiro atoms. The van der Waals surface area contributed by atoms with Crippen LogP contribution in [0.4, 0.5) is 0 Å². The van der Waals surface area contributed by atoms with Crippen molar-refractivity contribution in [1.82, 2.24) is 14.4 Å². The molecular weight excluding hydrogens is 615 g/mol. The highest BCUT2D eigenvalue weighted by molar-refractivity contribution is 7.99. The highest BCUT2D eigenvalue weighted by atomic mass is 32.2. The van der Waals surface area contributed by atoms with Crippen LogP contribution in [0.2, 0.25) is 0 Å². The van der Waals surface area contributed by atoms with Crippen molar-refractivity contribution in [3.8, 4) is 22.6 Å². The van der Waals surface area contributed by atoms with Gasteiger partial charge in [-0.3, -0.25) is 0 Å². The third-order valence-electron chi connectivity index (χ3n) is 9.49. The van der Waals surface area contributed by atoms with Crippen molar-refractivity contribution < 1.29 is 0 Å². The zero-order valence-electron chi connectivity index (χ0n) is 27.6. The quantitative estimate of drug-likeness (QED) is 0.190. The molecule has 10 rings (SSSR count). The highest BCUT2D eigenvalue weighted by Crippen LogP contribution is 2.43. The monoisotopic (exact) mass is 647 g/mol. The van der Waals surface area contributed by atoms with Gasteiger partial charge in [0.15, 0.2) is 5.82 Å². The zero-order chi connectivity index (χ0) is 33.1. The molecular formula is C45H33N3S. The zero-order valence-corrected chi connectivity index (χ0v) is 28.4. The van der Waals surface area contributed by atoms with Crippen LogP contribution < -0.4 is 0 Å². The standard InChI is InChI=1S/C43H27N3S.C2H6/c1-26-23-29(43-44-36-18-7-5-15-33(36)41(45-43)27-11-3-2-4-12-27)21-22-39(26)47-40-20-9-13-28-24-35-32-17-10-16-31-30-14-6-8-19-37(30)46(42(31)32)38(35)25-34(28)40;1-2/h2-25H,1H3;1-2H3. The smallest absolute Gasteiger partial charge is 0.160 e. The predicted octanol–water partition coefficient (Wildman–Crippen LogP) is 12.8. The molecule has 234 valence electrons. The third-order valence-corrected chi connectivity index (χ3v) is 10.7. The molecule has 0 N–H and O–H groups in total. The van der Waals surface area contributed by atoms with Crippen LogP contribution in [0.1, 0.15) is 19.4 Å². The largest absolute Gasteiger partial charge is 0.308 e. The average molecular weight is 648 g/mol. The van der Waals surface area contributed by atoms with Crippen molar-refractivity contribution >= 4 is 71.5 Å². The number of benzene rings is 7. The maximum atomic E-state index is 5.10. The Balaban J connectivity index is 0.00000160. The van der Waals surface area contributed by atoms with E-state index in [1.807, 2.05) is 37.7 Å². The minimum atomic E-state index is 0.743. The van der Waals surface area contributed by atoms with Gasteiger partial charge in [0.05, 0.1) is 27.8 Å². The van der Waals surface area contributed by atoms with Gasteiger partial charge in [-0.25, -0.2) is 9.97 Å². The first-order chi connectivity index (χ1) is 24.2. The Kier molecular flexibility index (Phi) is 7.07. The fraction of sp³-hybridized carbons (Fsp3) is 0.0667. The molecule has 0 aliphatic rings. The molecule has 0 unspecified atom stereocenters. The van der Waals surface area contributed by atoms with E-state index in [-0.39, 0.29) is 0 Å². The Hall–Kier alpha value is -5.71. The van der Waals surface area contributed by atoms with E-state index in [0.29, 0.717) is 0 Å². The Morgan fingerprint density at radius 1 is 0.490 bits per heavy atom. The van der Waals surface area contributed by atoms with Crippen molar-refractivity contribution in [2.24, 2.45) is 0 Å². The molecule has 0 radical (unpaired) electrons. The van der Waals surface area contributed by atoms with Gasteiger partial charge < -0.3 is 4.40 Å². The van der Waals surface area contributed by atoms with Crippen LogP contribution in [0, 0.1) is 6.92 Å². The molecule has 0 atom stereocenters. The van der Waals surface area contributed by atoms with Gasteiger partial charge in [-0.2, -0.15) is 0 Å². The van der Waals surface area contributed by atoms with Gasteiger partial charge in [-0.1, -0.05) is 129 Å². The van der Waals surface area contributed by atoms with E-state index >= 15 is 0 Å². The lowest BCUT2D eigenvalue weighted by Gasteiger charge is -2.12. The van der Waals surface area contributed by atoms with Gasteiger partial charge in [-0.15, -0.1) is 0 Å². The fourth-order valence-corrected chi connectivity index (χ4v) is 8.33. The van der Waals surface area contributed by atoms with Crippen LogP contribution in [-0.2, 0) is 0 Å². The number of fused-ring (bicyclic) bond motifs is 8. The van der Waals surface area contributed by atoms with E-state index in [2.05, 4.69) is 145 Å². The van der Waals surface area contributed by atoms with Gasteiger partial charge >= 0.3 is 0 Å². The Bertz CT molecular complexity index is 2830. The second kappa shape index (κ2) is 11.8. The summed E-state index contributed by atoms with van der Waals surface area (Å²) in [7, 11) is 0. The van der Waals surface area contributed by atoms with E-state index in [1.165, 1.54) is 64.2 Å². The lowest BCUT2D eigenvalue weighted by molar-refractivity contribution is 1.21. The van der Waals surface area contributed by atoms with Crippen molar-refractivity contribution in [2.75, 3.05) is 0 Å². The number of para-hydroxylation sites is 3. The van der Waals surface area contributed by atoms with Gasteiger partial charge in [-0.05, 0) is 65.7 Å². The second-order valence-electron chi connectivity index (χ2n) is 12.3. The molecule has 7 aromatic carbocycles. The van der Waals surface area contributed by atoms with E-state index < -0.39 is 0 Å². The van der Waals surface area contributed by atoms with Gasteiger partial charge in [0.25, 0.3) is 0 Å². The van der Waals surface area contributed by atoms with Gasteiger partial charge in [0, 0.05) is 47.8 Å². The van der Waals surface area contributed by atoms with E-state index in [0.717, 1.165) is 33.5 Å². The molecule has 0 aliphatic heterocycles. The van der Waals surface area contributed by atoms with Crippen molar-refractivity contribution in [2.45, 2.75) is 30.6 Å². The molecule has 0 aliphatic carbocycles. The predicted molar refractivity (Wildman–Crippen MR) is 209 cm³/mol. The van der Waals surface area contributed by atoms with E-state index in [4.69, 9.17) is 9.97 Å². The third kappa shape index (κ3) is 4.67. The second-order valence-corrected chi connectivity index (χ2v) is 13.3. The maximum Gasteiger partial charge on any atom is 0.160 e. The van der Waals surface area contributed by atoms with Crippen LogP contribution in [0.3, 0.4) is 0 Å². The molecule has 3 aromatic heterocycles. The SMILES string of the molecule is CC.Cc1cc(-c2nc(-c3ccccc3)c3ccccc3n2)ccc1Sc1cccc2cc3c4cccc5c6ccccc6n(c3cc12)c54. The lowest BCUT2D eigenvalue weighted by Crippen LogP contribution is -1.95. The van der Waals surface area contributed by atoms with Crippen LogP contribution in [0.25, 0.3) is 82.4 Å². The molecule has 4 heteroatoms. The topological polar surface area (TPSA) is 30.2 Å². The summed E-state index contributed by atoms with van der Waals surface area (Å²) < 4.78 is 2.46. The molecule has 3 heterocycles. The first-order valence-corrected chi connectivity index (χ1v) is 17.7. The molecule has 10 aromatic rings. The molecule has 0 amide bonds. The van der Waals surface area contributed by atoms with Crippen LogP contribution in [0.15, 0.2) is 155 Å². The van der Waals surface area contributed by atoms with Crippen molar-refractivity contribution in [3.05, 3.63) is 151 Å². The van der Waals surface area contributed by atoms with Gasteiger partial charge in [0.1, 0.15) is 0 Å². The molecule has 0 bridgehead atoms. The fourth-order valence-electron chi connectivity index (χ4n) is 7.30. The molecule has 3 nitrogen and oxygen atoms in total. The Labute approximate surface area is 289 Å².